The first kappa shape index (κ1) is 17.2. The Hall–Kier alpha value is -1.65. The van der Waals surface area contributed by atoms with E-state index in [2.05, 4.69) is 46.4 Å². The van der Waals surface area contributed by atoms with Gasteiger partial charge in [-0.05, 0) is 49.9 Å². The number of hydrogen-bond donors (Lipinski definition) is 1. The molecule has 4 nitrogen and oxygen atoms in total. The minimum atomic E-state index is 0.122. The van der Waals surface area contributed by atoms with Crippen molar-refractivity contribution in [3.05, 3.63) is 42.0 Å². The van der Waals surface area contributed by atoms with Crippen LogP contribution in [0.1, 0.15) is 24.8 Å². The van der Waals surface area contributed by atoms with E-state index >= 15 is 0 Å². The van der Waals surface area contributed by atoms with Crippen molar-refractivity contribution in [2.75, 3.05) is 45.1 Å². The van der Waals surface area contributed by atoms with Gasteiger partial charge in [0.15, 0.2) is 0 Å². The number of carbonyl (C=O) groups excluding carboxylic acids is 1. The first-order valence-electron chi connectivity index (χ1n) is 9.15. The number of carbonyl (C=O) groups is 1. The van der Waals surface area contributed by atoms with Gasteiger partial charge in [-0.15, -0.1) is 0 Å². The summed E-state index contributed by atoms with van der Waals surface area (Å²) in [5, 5.41) is 3.02. The average molecular weight is 327 g/mol. The average Bonchev–Trinajstić information content (AvgIpc) is 3.08. The van der Waals surface area contributed by atoms with Crippen molar-refractivity contribution < 1.29 is 4.79 Å². The number of likely N-dealkylation sites (N-methyl/N-ethyl adjacent to an activating group) is 1. The number of allylic oxidation sites excluding steroid dienone is 2. The first-order valence-corrected chi connectivity index (χ1v) is 9.15. The molecular weight excluding hydrogens is 298 g/mol. The Morgan fingerprint density at radius 1 is 1.17 bits per heavy atom. The van der Waals surface area contributed by atoms with Crippen molar-refractivity contribution in [1.82, 2.24) is 9.80 Å². The van der Waals surface area contributed by atoms with Crippen LogP contribution in [0.5, 0.6) is 0 Å². The summed E-state index contributed by atoms with van der Waals surface area (Å²) in [5.74, 6) is 0.546. The van der Waals surface area contributed by atoms with E-state index in [1.54, 1.807) is 0 Å². The van der Waals surface area contributed by atoms with E-state index in [9.17, 15) is 4.79 Å². The van der Waals surface area contributed by atoms with Gasteiger partial charge in [0.1, 0.15) is 0 Å². The summed E-state index contributed by atoms with van der Waals surface area (Å²) in [6.07, 6.45) is 8.24. The molecule has 0 radical (unpaired) electrons. The maximum Gasteiger partial charge on any atom is 0.224 e. The van der Waals surface area contributed by atoms with Crippen molar-refractivity contribution in [1.29, 1.82) is 0 Å². The molecule has 2 aliphatic rings. The molecule has 1 aromatic carbocycles. The van der Waals surface area contributed by atoms with Crippen LogP contribution in [0.15, 0.2) is 36.4 Å². The number of nitrogens with one attached hydrogen (secondary N) is 1. The van der Waals surface area contributed by atoms with Gasteiger partial charge in [-0.25, -0.2) is 0 Å². The number of anilines is 1. The Morgan fingerprint density at radius 3 is 2.58 bits per heavy atom. The quantitative estimate of drug-likeness (QED) is 0.816. The third-order valence-electron chi connectivity index (χ3n) is 5.11. The number of amides is 1. The summed E-state index contributed by atoms with van der Waals surface area (Å²) in [7, 11) is 2.19. The zero-order valence-electron chi connectivity index (χ0n) is 14.7. The minimum absolute atomic E-state index is 0.122. The molecule has 1 aliphatic heterocycles. The van der Waals surface area contributed by atoms with E-state index in [1.807, 2.05) is 12.1 Å². The van der Waals surface area contributed by atoms with Gasteiger partial charge in [-0.1, -0.05) is 24.3 Å². The Morgan fingerprint density at radius 2 is 1.92 bits per heavy atom. The molecule has 4 heteroatoms. The van der Waals surface area contributed by atoms with E-state index in [4.69, 9.17) is 0 Å². The van der Waals surface area contributed by atoms with Crippen LogP contribution >= 0.6 is 0 Å². The lowest BCUT2D eigenvalue weighted by atomic mass is 10.0. The van der Waals surface area contributed by atoms with Gasteiger partial charge in [-0.3, -0.25) is 4.79 Å². The molecule has 3 rings (SSSR count). The second-order valence-electron chi connectivity index (χ2n) is 7.11. The molecule has 130 valence electrons. The van der Waals surface area contributed by atoms with Crippen LogP contribution in [0, 0.1) is 5.92 Å². The molecule has 1 amide bonds. The molecule has 1 aromatic rings. The predicted octanol–water partition coefficient (Wildman–Crippen LogP) is 2.77. The molecule has 24 heavy (non-hydrogen) atoms. The van der Waals surface area contributed by atoms with Crippen LogP contribution in [-0.2, 0) is 11.2 Å². The topological polar surface area (TPSA) is 35.6 Å². The summed E-state index contributed by atoms with van der Waals surface area (Å²) in [5.41, 5.74) is 2.25. The summed E-state index contributed by atoms with van der Waals surface area (Å²) < 4.78 is 0. The zero-order valence-corrected chi connectivity index (χ0v) is 14.7. The maximum absolute atomic E-state index is 12.1. The van der Waals surface area contributed by atoms with Crippen molar-refractivity contribution >= 4 is 11.6 Å². The standard InChI is InChI=1S/C20H29N3O/c1-22-12-14-23(15-13-22)11-10-17-6-8-19(9-7-17)21-20(24)16-18-4-2-3-5-18/h2,4,6-9,18H,3,5,10-16H2,1H3,(H,21,24). The van der Waals surface area contributed by atoms with Crippen LogP contribution in [0.4, 0.5) is 5.69 Å². The van der Waals surface area contributed by atoms with Crippen LogP contribution in [0.3, 0.4) is 0 Å². The largest absolute Gasteiger partial charge is 0.326 e. The molecule has 0 spiro atoms. The molecule has 1 aliphatic carbocycles. The molecule has 1 fully saturated rings. The molecule has 1 unspecified atom stereocenters. The normalized spacial score (nSPS) is 22.0. The third kappa shape index (κ3) is 5.18. The van der Waals surface area contributed by atoms with Gasteiger partial charge >= 0.3 is 0 Å². The molecule has 0 bridgehead atoms. The van der Waals surface area contributed by atoms with E-state index in [1.165, 1.54) is 31.7 Å². The Labute approximate surface area is 145 Å². The number of benzene rings is 1. The molecule has 0 saturated carbocycles. The van der Waals surface area contributed by atoms with Crippen LogP contribution < -0.4 is 5.32 Å². The highest BCUT2D eigenvalue weighted by Gasteiger charge is 2.15. The second kappa shape index (κ2) is 8.45. The SMILES string of the molecule is CN1CCN(CCc2ccc(NC(=O)CC3C=CCC3)cc2)CC1. The zero-order chi connectivity index (χ0) is 16.8. The van der Waals surface area contributed by atoms with Gasteiger partial charge in [0.25, 0.3) is 0 Å². The molecule has 0 aromatic heterocycles. The van der Waals surface area contributed by atoms with Gasteiger partial charge in [0.05, 0.1) is 0 Å². The maximum atomic E-state index is 12.1. The summed E-state index contributed by atoms with van der Waals surface area (Å²) in [6, 6.07) is 8.34. The Kier molecular flexibility index (Phi) is 6.05. The van der Waals surface area contributed by atoms with E-state index in [0.717, 1.165) is 31.5 Å². The molecular formula is C20H29N3O. The number of hydrogen-bond acceptors (Lipinski definition) is 3. The fourth-order valence-corrected chi connectivity index (χ4v) is 3.43. The van der Waals surface area contributed by atoms with Gasteiger partial charge in [-0.2, -0.15) is 0 Å². The monoisotopic (exact) mass is 327 g/mol. The lowest BCUT2D eigenvalue weighted by Gasteiger charge is -2.32. The van der Waals surface area contributed by atoms with Crippen molar-refractivity contribution in [2.45, 2.75) is 25.7 Å². The van der Waals surface area contributed by atoms with Crippen molar-refractivity contribution in [2.24, 2.45) is 5.92 Å². The highest BCUT2D eigenvalue weighted by atomic mass is 16.1. The molecule has 1 N–H and O–H groups in total. The molecule has 1 heterocycles. The lowest BCUT2D eigenvalue weighted by molar-refractivity contribution is -0.116. The van der Waals surface area contributed by atoms with Crippen molar-refractivity contribution in [3.8, 4) is 0 Å². The smallest absolute Gasteiger partial charge is 0.224 e. The van der Waals surface area contributed by atoms with E-state index < -0.39 is 0 Å². The van der Waals surface area contributed by atoms with E-state index in [-0.39, 0.29) is 5.91 Å². The highest BCUT2D eigenvalue weighted by Crippen LogP contribution is 2.21. The second-order valence-corrected chi connectivity index (χ2v) is 7.11. The fraction of sp³-hybridized carbons (Fsp3) is 0.550. The number of nitrogens with zero attached hydrogens (tertiary/aromatic N) is 2. The van der Waals surface area contributed by atoms with Crippen LogP contribution in [-0.4, -0.2) is 55.5 Å². The number of rotatable bonds is 6. The summed E-state index contributed by atoms with van der Waals surface area (Å²) >= 11 is 0. The minimum Gasteiger partial charge on any atom is -0.326 e. The number of piperazine rings is 1. The van der Waals surface area contributed by atoms with Crippen LogP contribution in [0.25, 0.3) is 0 Å². The fourth-order valence-electron chi connectivity index (χ4n) is 3.43. The highest BCUT2D eigenvalue weighted by molar-refractivity contribution is 5.91. The van der Waals surface area contributed by atoms with Crippen LogP contribution in [0.2, 0.25) is 0 Å². The van der Waals surface area contributed by atoms with Gasteiger partial charge < -0.3 is 15.1 Å². The van der Waals surface area contributed by atoms with Gasteiger partial charge in [0, 0.05) is 44.8 Å². The molecule has 1 atom stereocenters. The molecule has 1 saturated heterocycles. The lowest BCUT2D eigenvalue weighted by Crippen LogP contribution is -2.45. The first-order chi connectivity index (χ1) is 11.7. The third-order valence-corrected chi connectivity index (χ3v) is 5.11. The predicted molar refractivity (Wildman–Crippen MR) is 99.2 cm³/mol. The van der Waals surface area contributed by atoms with Crippen molar-refractivity contribution in [3.63, 3.8) is 0 Å². The Bertz CT molecular complexity index is 559. The summed E-state index contributed by atoms with van der Waals surface area (Å²) in [6.45, 7) is 5.79. The Balaban J connectivity index is 1.41. The van der Waals surface area contributed by atoms with E-state index in [0.29, 0.717) is 12.3 Å². The van der Waals surface area contributed by atoms with Gasteiger partial charge in [0.2, 0.25) is 5.91 Å². The summed E-state index contributed by atoms with van der Waals surface area (Å²) in [4.78, 5) is 17.0.